The van der Waals surface area contributed by atoms with Crippen LogP contribution in [-0.4, -0.2) is 15.0 Å². The summed E-state index contributed by atoms with van der Waals surface area (Å²) in [7, 11) is 1.58. The van der Waals surface area contributed by atoms with Gasteiger partial charge in [-0.25, -0.2) is 8.42 Å². The number of allylic oxidation sites excluding steroid dienone is 1. The van der Waals surface area contributed by atoms with Gasteiger partial charge < -0.3 is 4.74 Å². The lowest BCUT2D eigenvalue weighted by atomic mass is 10.2. The minimum Gasteiger partial charge on any atom is -0.492 e. The van der Waals surface area contributed by atoms with Crippen molar-refractivity contribution in [3.63, 3.8) is 0 Å². The maximum absolute atomic E-state index is 11.4. The van der Waals surface area contributed by atoms with E-state index in [0.29, 0.717) is 12.4 Å². The van der Waals surface area contributed by atoms with Crippen LogP contribution in [0.2, 0.25) is 0 Å². The molecule has 0 spiro atoms. The van der Waals surface area contributed by atoms with Crippen LogP contribution in [0.1, 0.15) is 18.4 Å². The molecule has 0 aromatic heterocycles. The molecular formula is C12H15ClO3S. The molecule has 0 saturated heterocycles. The number of benzene rings is 1. The maximum atomic E-state index is 11.4. The van der Waals surface area contributed by atoms with Gasteiger partial charge in [0.1, 0.15) is 10.6 Å². The van der Waals surface area contributed by atoms with E-state index in [2.05, 4.69) is 6.58 Å². The van der Waals surface area contributed by atoms with Crippen LogP contribution in [0.4, 0.5) is 0 Å². The minimum absolute atomic E-state index is 0.0257. The van der Waals surface area contributed by atoms with Gasteiger partial charge in [0.25, 0.3) is 9.05 Å². The van der Waals surface area contributed by atoms with Crippen LogP contribution in [0.15, 0.2) is 35.7 Å². The van der Waals surface area contributed by atoms with Crippen molar-refractivity contribution in [2.24, 2.45) is 0 Å². The second-order valence-corrected chi connectivity index (χ2v) is 6.20. The maximum Gasteiger partial charge on any atom is 0.264 e. The van der Waals surface area contributed by atoms with Crippen molar-refractivity contribution in [2.45, 2.75) is 24.7 Å². The molecule has 94 valence electrons. The number of rotatable bonds is 6. The van der Waals surface area contributed by atoms with Crippen LogP contribution < -0.4 is 4.74 Å². The van der Waals surface area contributed by atoms with Crippen LogP contribution in [0.25, 0.3) is 0 Å². The summed E-state index contributed by atoms with van der Waals surface area (Å²) in [6.45, 7) is 5.84. The Bertz CT molecular complexity index is 494. The van der Waals surface area contributed by atoms with Gasteiger partial charge in [-0.1, -0.05) is 12.1 Å². The number of unbranched alkanes of at least 4 members (excludes halogenated alkanes) is 1. The summed E-state index contributed by atoms with van der Waals surface area (Å²) >= 11 is 0. The van der Waals surface area contributed by atoms with Crippen molar-refractivity contribution in [1.82, 2.24) is 0 Å². The molecule has 0 atom stereocenters. The molecule has 0 aliphatic carbocycles. The van der Waals surface area contributed by atoms with Crippen LogP contribution in [0.5, 0.6) is 5.75 Å². The Morgan fingerprint density at radius 3 is 2.76 bits per heavy atom. The van der Waals surface area contributed by atoms with Crippen LogP contribution >= 0.6 is 10.7 Å². The minimum atomic E-state index is -3.77. The summed E-state index contributed by atoms with van der Waals surface area (Å²) in [4.78, 5) is 0.0257. The van der Waals surface area contributed by atoms with Crippen LogP contribution in [0.3, 0.4) is 0 Å². The molecule has 1 rings (SSSR count). The van der Waals surface area contributed by atoms with E-state index in [-0.39, 0.29) is 4.90 Å². The molecule has 0 saturated carbocycles. The Balaban J connectivity index is 2.88. The molecule has 1 aromatic carbocycles. The SMILES string of the molecule is C=CCCCOc1ccc(C)cc1S(=O)(=O)Cl. The second-order valence-electron chi connectivity index (χ2n) is 3.67. The second kappa shape index (κ2) is 6.07. The zero-order valence-electron chi connectivity index (χ0n) is 9.65. The standard InChI is InChI=1S/C12H15ClO3S/c1-3-4-5-8-16-11-7-6-10(2)9-12(11)17(13,14)15/h3,6-7,9H,1,4-5,8H2,2H3. The molecule has 0 fully saturated rings. The number of aryl methyl sites for hydroxylation is 1. The normalized spacial score (nSPS) is 11.2. The van der Waals surface area contributed by atoms with Gasteiger partial charge in [0.2, 0.25) is 0 Å². The van der Waals surface area contributed by atoms with Crippen LogP contribution in [0, 0.1) is 6.92 Å². The first kappa shape index (κ1) is 14.1. The van der Waals surface area contributed by atoms with Gasteiger partial charge in [0, 0.05) is 10.7 Å². The smallest absolute Gasteiger partial charge is 0.264 e. The third kappa shape index (κ3) is 4.40. The van der Waals surface area contributed by atoms with Crippen molar-refractivity contribution in [3.8, 4) is 5.75 Å². The predicted molar refractivity (Wildman–Crippen MR) is 69.1 cm³/mol. The van der Waals surface area contributed by atoms with E-state index in [0.717, 1.165) is 18.4 Å². The fourth-order valence-electron chi connectivity index (χ4n) is 1.33. The monoisotopic (exact) mass is 274 g/mol. The molecular weight excluding hydrogens is 260 g/mol. The Hall–Kier alpha value is -1.00. The van der Waals surface area contributed by atoms with Crippen LogP contribution in [-0.2, 0) is 9.05 Å². The lowest BCUT2D eigenvalue weighted by Crippen LogP contribution is -2.02. The van der Waals surface area contributed by atoms with Crippen molar-refractivity contribution in [3.05, 3.63) is 36.4 Å². The van der Waals surface area contributed by atoms with Gasteiger partial charge in [-0.2, -0.15) is 0 Å². The zero-order chi connectivity index (χ0) is 12.9. The molecule has 0 aliphatic rings. The van der Waals surface area contributed by atoms with Gasteiger partial charge in [0.05, 0.1) is 6.61 Å². The summed E-state index contributed by atoms with van der Waals surface area (Å²) < 4.78 is 28.1. The molecule has 5 heteroatoms. The average Bonchev–Trinajstić information content (AvgIpc) is 2.25. The lowest BCUT2D eigenvalue weighted by molar-refractivity contribution is 0.304. The first-order valence-corrected chi connectivity index (χ1v) is 7.55. The topological polar surface area (TPSA) is 43.4 Å². The number of ether oxygens (including phenoxy) is 1. The number of hydrogen-bond donors (Lipinski definition) is 0. The Kier molecular flexibility index (Phi) is 5.02. The van der Waals surface area contributed by atoms with E-state index in [1.54, 1.807) is 25.1 Å². The average molecular weight is 275 g/mol. The van der Waals surface area contributed by atoms with E-state index in [1.807, 2.05) is 0 Å². The first-order chi connectivity index (χ1) is 7.95. The van der Waals surface area contributed by atoms with Crippen molar-refractivity contribution in [2.75, 3.05) is 6.61 Å². The zero-order valence-corrected chi connectivity index (χ0v) is 11.2. The highest BCUT2D eigenvalue weighted by Crippen LogP contribution is 2.28. The van der Waals surface area contributed by atoms with E-state index >= 15 is 0 Å². The van der Waals surface area contributed by atoms with Crippen molar-refractivity contribution >= 4 is 19.7 Å². The highest BCUT2D eigenvalue weighted by atomic mass is 35.7. The summed E-state index contributed by atoms with van der Waals surface area (Å²) in [6.07, 6.45) is 3.41. The largest absolute Gasteiger partial charge is 0.492 e. The third-order valence-electron chi connectivity index (χ3n) is 2.17. The Morgan fingerprint density at radius 1 is 1.47 bits per heavy atom. The lowest BCUT2D eigenvalue weighted by Gasteiger charge is -2.09. The highest BCUT2D eigenvalue weighted by molar-refractivity contribution is 8.13. The first-order valence-electron chi connectivity index (χ1n) is 5.24. The number of hydrogen-bond acceptors (Lipinski definition) is 3. The molecule has 0 aliphatic heterocycles. The summed E-state index contributed by atoms with van der Waals surface area (Å²) in [6, 6.07) is 4.91. The molecule has 0 radical (unpaired) electrons. The van der Waals surface area contributed by atoms with Gasteiger partial charge in [-0.15, -0.1) is 6.58 Å². The highest BCUT2D eigenvalue weighted by Gasteiger charge is 2.16. The molecule has 0 amide bonds. The van der Waals surface area contributed by atoms with Crippen molar-refractivity contribution < 1.29 is 13.2 Å². The van der Waals surface area contributed by atoms with E-state index in [1.165, 1.54) is 6.07 Å². The summed E-state index contributed by atoms with van der Waals surface area (Å²) in [5, 5.41) is 0. The molecule has 0 N–H and O–H groups in total. The van der Waals surface area contributed by atoms with Gasteiger partial charge >= 0.3 is 0 Å². The van der Waals surface area contributed by atoms with E-state index < -0.39 is 9.05 Å². The molecule has 17 heavy (non-hydrogen) atoms. The van der Waals surface area contributed by atoms with Gasteiger partial charge in [-0.05, 0) is 37.5 Å². The predicted octanol–water partition coefficient (Wildman–Crippen LogP) is 3.27. The fourth-order valence-corrected chi connectivity index (χ4v) is 2.39. The van der Waals surface area contributed by atoms with E-state index in [9.17, 15) is 8.42 Å². The quantitative estimate of drug-likeness (QED) is 0.454. The molecule has 0 heterocycles. The molecule has 1 aromatic rings. The molecule has 0 unspecified atom stereocenters. The summed E-state index contributed by atoms with van der Waals surface area (Å²) in [5.41, 5.74) is 0.822. The fraction of sp³-hybridized carbons (Fsp3) is 0.333. The number of halogens is 1. The van der Waals surface area contributed by atoms with Crippen molar-refractivity contribution in [1.29, 1.82) is 0 Å². The van der Waals surface area contributed by atoms with Gasteiger partial charge in [-0.3, -0.25) is 0 Å². The Morgan fingerprint density at radius 2 is 2.18 bits per heavy atom. The molecule has 3 nitrogen and oxygen atoms in total. The van der Waals surface area contributed by atoms with Gasteiger partial charge in [0.15, 0.2) is 0 Å². The summed E-state index contributed by atoms with van der Waals surface area (Å²) in [5.74, 6) is 0.301. The third-order valence-corrected chi connectivity index (χ3v) is 3.52. The molecule has 0 bridgehead atoms. The van der Waals surface area contributed by atoms with E-state index in [4.69, 9.17) is 15.4 Å². The Labute approximate surface area is 106 Å².